The zero-order valence-electron chi connectivity index (χ0n) is 14.4. The summed E-state index contributed by atoms with van der Waals surface area (Å²) < 4.78 is 5.58. The molecule has 2 rings (SSSR count). The molecule has 1 unspecified atom stereocenters. The Morgan fingerprint density at radius 1 is 1.32 bits per heavy atom. The Hall–Kier alpha value is -1.55. The molecule has 0 bridgehead atoms. The summed E-state index contributed by atoms with van der Waals surface area (Å²) in [4.78, 5) is 16.6. The fraction of sp³-hybridized carbons (Fsp3) is 0.611. The minimum atomic E-state index is -0.471. The summed E-state index contributed by atoms with van der Waals surface area (Å²) in [5.74, 6) is 0.457. The van der Waals surface area contributed by atoms with Crippen LogP contribution in [0.2, 0.25) is 0 Å². The molecular formula is C18H28N2O2. The monoisotopic (exact) mass is 304 g/mol. The molecule has 1 heterocycles. The van der Waals surface area contributed by atoms with Crippen LogP contribution < -0.4 is 4.90 Å². The number of anilines is 1. The molecule has 0 fully saturated rings. The molecule has 22 heavy (non-hydrogen) atoms. The van der Waals surface area contributed by atoms with Gasteiger partial charge in [-0.25, -0.2) is 4.79 Å². The van der Waals surface area contributed by atoms with Crippen LogP contribution in [-0.2, 0) is 4.74 Å². The predicted octanol–water partition coefficient (Wildman–Crippen LogP) is 3.87. The number of rotatable bonds is 2. The highest BCUT2D eigenvalue weighted by molar-refractivity contribution is 5.89. The number of para-hydroxylation sites is 1. The molecule has 1 amide bonds. The first-order chi connectivity index (χ1) is 10.3. The van der Waals surface area contributed by atoms with Crippen molar-refractivity contribution < 1.29 is 9.53 Å². The van der Waals surface area contributed by atoms with Gasteiger partial charge in [-0.05, 0) is 65.3 Å². The average molecular weight is 304 g/mol. The van der Waals surface area contributed by atoms with E-state index >= 15 is 0 Å². The normalized spacial score (nSPS) is 18.8. The molecule has 4 nitrogen and oxygen atoms in total. The summed E-state index contributed by atoms with van der Waals surface area (Å²) in [6, 6.07) is 8.23. The molecule has 0 radical (unpaired) electrons. The number of hydrogen-bond acceptors (Lipinski definition) is 3. The zero-order chi connectivity index (χ0) is 16.3. The smallest absolute Gasteiger partial charge is 0.414 e. The van der Waals surface area contributed by atoms with E-state index in [1.807, 2.05) is 32.9 Å². The van der Waals surface area contributed by atoms with E-state index in [4.69, 9.17) is 4.74 Å². The summed E-state index contributed by atoms with van der Waals surface area (Å²) in [6.07, 6.45) is 1.84. The summed E-state index contributed by atoms with van der Waals surface area (Å²) >= 11 is 0. The first-order valence-electron chi connectivity index (χ1n) is 8.02. The quantitative estimate of drug-likeness (QED) is 0.831. The van der Waals surface area contributed by atoms with Gasteiger partial charge in [-0.2, -0.15) is 0 Å². The molecule has 122 valence electrons. The molecule has 0 N–H and O–H groups in total. The second-order valence-corrected chi connectivity index (χ2v) is 7.29. The van der Waals surface area contributed by atoms with Crippen molar-refractivity contribution in [3.8, 4) is 0 Å². The van der Waals surface area contributed by atoms with Gasteiger partial charge < -0.3 is 9.64 Å². The van der Waals surface area contributed by atoms with E-state index in [1.165, 1.54) is 5.56 Å². The Bertz CT molecular complexity index is 520. The third-order valence-corrected chi connectivity index (χ3v) is 3.80. The van der Waals surface area contributed by atoms with E-state index < -0.39 is 5.60 Å². The summed E-state index contributed by atoms with van der Waals surface area (Å²) in [5.41, 5.74) is 1.78. The van der Waals surface area contributed by atoms with E-state index in [0.717, 1.165) is 31.6 Å². The molecule has 0 aliphatic carbocycles. The van der Waals surface area contributed by atoms with Gasteiger partial charge in [0.2, 0.25) is 0 Å². The Kier molecular flexibility index (Phi) is 5.12. The van der Waals surface area contributed by atoms with Crippen molar-refractivity contribution in [2.75, 3.05) is 32.1 Å². The molecule has 0 aromatic heterocycles. The number of nitrogens with zero attached hydrogens (tertiary/aromatic N) is 2. The molecule has 1 aromatic rings. The minimum Gasteiger partial charge on any atom is -0.443 e. The standard InChI is InChI=1S/C18H28N2O2/c1-18(2,3)22-17(21)20-12-8-9-14(13-19(4)5)15-10-6-7-11-16(15)20/h6-7,10-11,14H,8-9,12-13H2,1-5H3. The molecule has 0 spiro atoms. The maximum absolute atomic E-state index is 12.6. The Morgan fingerprint density at radius 2 is 2.00 bits per heavy atom. The van der Waals surface area contributed by atoms with Gasteiger partial charge in [0.25, 0.3) is 0 Å². The Balaban J connectivity index is 2.31. The molecule has 0 saturated carbocycles. The van der Waals surface area contributed by atoms with Crippen molar-refractivity contribution in [3.05, 3.63) is 29.8 Å². The predicted molar refractivity (Wildman–Crippen MR) is 90.6 cm³/mol. The number of amides is 1. The van der Waals surface area contributed by atoms with Gasteiger partial charge in [0, 0.05) is 13.1 Å². The number of likely N-dealkylation sites (N-methyl/N-ethyl adjacent to an activating group) is 1. The van der Waals surface area contributed by atoms with Gasteiger partial charge in [-0.15, -0.1) is 0 Å². The fourth-order valence-electron chi connectivity index (χ4n) is 2.99. The van der Waals surface area contributed by atoms with Crippen LogP contribution in [0.25, 0.3) is 0 Å². The highest BCUT2D eigenvalue weighted by Gasteiger charge is 2.29. The van der Waals surface area contributed by atoms with Crippen LogP contribution in [0.5, 0.6) is 0 Å². The van der Waals surface area contributed by atoms with E-state index in [9.17, 15) is 4.79 Å². The largest absolute Gasteiger partial charge is 0.443 e. The van der Waals surface area contributed by atoms with Crippen LogP contribution in [0.15, 0.2) is 24.3 Å². The second kappa shape index (κ2) is 6.69. The van der Waals surface area contributed by atoms with Gasteiger partial charge in [-0.3, -0.25) is 4.90 Å². The lowest BCUT2D eigenvalue weighted by Gasteiger charge is -2.28. The number of carbonyl (C=O) groups excluding carboxylic acids is 1. The second-order valence-electron chi connectivity index (χ2n) is 7.29. The molecule has 1 aliphatic heterocycles. The average Bonchev–Trinajstić information content (AvgIpc) is 2.56. The Morgan fingerprint density at radius 3 is 2.64 bits per heavy atom. The van der Waals surface area contributed by atoms with E-state index in [2.05, 4.69) is 31.1 Å². The van der Waals surface area contributed by atoms with Gasteiger partial charge in [0.05, 0.1) is 5.69 Å². The molecule has 4 heteroatoms. The van der Waals surface area contributed by atoms with Crippen molar-refractivity contribution >= 4 is 11.8 Å². The summed E-state index contributed by atoms with van der Waals surface area (Å²) in [6.45, 7) is 7.44. The highest BCUT2D eigenvalue weighted by Crippen LogP contribution is 2.35. The number of carbonyl (C=O) groups is 1. The van der Waals surface area contributed by atoms with Crippen LogP contribution in [-0.4, -0.2) is 43.8 Å². The third kappa shape index (κ3) is 4.23. The van der Waals surface area contributed by atoms with Crippen LogP contribution >= 0.6 is 0 Å². The minimum absolute atomic E-state index is 0.245. The highest BCUT2D eigenvalue weighted by atomic mass is 16.6. The van der Waals surface area contributed by atoms with Crippen molar-refractivity contribution in [1.29, 1.82) is 0 Å². The third-order valence-electron chi connectivity index (χ3n) is 3.80. The molecular weight excluding hydrogens is 276 g/mol. The van der Waals surface area contributed by atoms with Crippen molar-refractivity contribution in [2.24, 2.45) is 0 Å². The summed E-state index contributed by atoms with van der Waals surface area (Å²) in [7, 11) is 4.19. The molecule has 1 aliphatic rings. The maximum Gasteiger partial charge on any atom is 0.414 e. The Labute approximate surface area is 134 Å². The van der Waals surface area contributed by atoms with Crippen LogP contribution in [0.4, 0.5) is 10.5 Å². The molecule has 1 aromatic carbocycles. The van der Waals surface area contributed by atoms with Gasteiger partial charge in [-0.1, -0.05) is 18.2 Å². The molecule has 0 saturated heterocycles. The first kappa shape index (κ1) is 16.8. The van der Waals surface area contributed by atoms with E-state index in [1.54, 1.807) is 4.90 Å². The lowest BCUT2D eigenvalue weighted by Crippen LogP contribution is -2.37. The van der Waals surface area contributed by atoms with Crippen molar-refractivity contribution in [3.63, 3.8) is 0 Å². The topological polar surface area (TPSA) is 32.8 Å². The number of hydrogen-bond donors (Lipinski definition) is 0. The fourth-order valence-corrected chi connectivity index (χ4v) is 2.99. The number of benzene rings is 1. The number of ether oxygens (including phenoxy) is 1. The first-order valence-corrected chi connectivity index (χ1v) is 8.02. The lowest BCUT2D eigenvalue weighted by molar-refractivity contribution is 0.0580. The maximum atomic E-state index is 12.6. The lowest BCUT2D eigenvalue weighted by atomic mass is 9.93. The van der Waals surface area contributed by atoms with Gasteiger partial charge >= 0.3 is 6.09 Å². The van der Waals surface area contributed by atoms with Gasteiger partial charge in [0.15, 0.2) is 0 Å². The van der Waals surface area contributed by atoms with E-state index in [0.29, 0.717) is 5.92 Å². The van der Waals surface area contributed by atoms with Crippen LogP contribution in [0.1, 0.15) is 45.1 Å². The van der Waals surface area contributed by atoms with Crippen molar-refractivity contribution in [1.82, 2.24) is 4.90 Å². The SMILES string of the molecule is CN(C)CC1CCCN(C(=O)OC(C)(C)C)c2ccccc21. The van der Waals surface area contributed by atoms with E-state index in [-0.39, 0.29) is 6.09 Å². The van der Waals surface area contributed by atoms with Crippen molar-refractivity contribution in [2.45, 2.75) is 45.1 Å². The van der Waals surface area contributed by atoms with Crippen LogP contribution in [0, 0.1) is 0 Å². The van der Waals surface area contributed by atoms with Gasteiger partial charge in [0.1, 0.15) is 5.60 Å². The zero-order valence-corrected chi connectivity index (χ0v) is 14.4. The van der Waals surface area contributed by atoms with Crippen LogP contribution in [0.3, 0.4) is 0 Å². The number of fused-ring (bicyclic) bond motifs is 1. The molecule has 1 atom stereocenters. The summed E-state index contributed by atoms with van der Waals surface area (Å²) in [5, 5.41) is 0.